The van der Waals surface area contributed by atoms with Gasteiger partial charge in [-0.3, -0.25) is 28.8 Å². The summed E-state index contributed by atoms with van der Waals surface area (Å²) in [4.78, 5) is 41.3. The van der Waals surface area contributed by atoms with E-state index in [2.05, 4.69) is 60.1 Å². The number of hydrogen-bond acceptors (Lipinski definition) is 4. The van der Waals surface area contributed by atoms with Gasteiger partial charge in [-0.1, -0.05) is 50.1 Å². The number of rotatable bonds is 18. The minimum Gasteiger partial charge on any atom is -0.494 e. The van der Waals surface area contributed by atoms with E-state index in [0.717, 1.165) is 44.3 Å². The average molecular weight is 596 g/mol. The van der Waals surface area contributed by atoms with Crippen molar-refractivity contribution in [2.75, 3.05) is 54.4 Å². The van der Waals surface area contributed by atoms with Gasteiger partial charge in [-0.2, -0.15) is 0 Å². The molecule has 1 atom stereocenters. The highest BCUT2D eigenvalue weighted by molar-refractivity contribution is 5.97. The third kappa shape index (κ3) is 13.2. The van der Waals surface area contributed by atoms with E-state index in [-0.39, 0.29) is 13.0 Å². The molecule has 0 spiro atoms. The third-order valence-electron chi connectivity index (χ3n) is 6.94. The molecule has 0 saturated heterocycles. The predicted molar refractivity (Wildman–Crippen MR) is 171 cm³/mol. The highest BCUT2D eigenvalue weighted by Crippen LogP contribution is 2.13. The van der Waals surface area contributed by atoms with Crippen molar-refractivity contribution >= 4 is 23.7 Å². The second kappa shape index (κ2) is 19.2. The highest BCUT2D eigenvalue weighted by Gasteiger charge is 2.21. The fourth-order valence-corrected chi connectivity index (χ4v) is 4.86. The molecule has 0 bridgehead atoms. The van der Waals surface area contributed by atoms with E-state index in [4.69, 9.17) is 10.5 Å². The summed E-state index contributed by atoms with van der Waals surface area (Å²) in [6.07, 6.45) is 6.96. The summed E-state index contributed by atoms with van der Waals surface area (Å²) in [5.74, 6) is 0.424. The fraction of sp³-hybridized carbons (Fsp3) is 0.515. The molecule has 0 aliphatic carbocycles. The van der Waals surface area contributed by atoms with Crippen molar-refractivity contribution in [3.05, 3.63) is 65.7 Å². The molecule has 10 heteroatoms. The summed E-state index contributed by atoms with van der Waals surface area (Å²) in [5.41, 5.74) is 6.74. The van der Waals surface area contributed by atoms with Crippen molar-refractivity contribution in [2.24, 2.45) is 5.73 Å². The van der Waals surface area contributed by atoms with Crippen molar-refractivity contribution < 1.29 is 23.7 Å². The number of primary amides is 1. The minimum absolute atomic E-state index is 0.268. The monoisotopic (exact) mass is 595 g/mol. The number of hydrogen-bond donors (Lipinski definition) is 3. The number of benzene rings is 2. The summed E-state index contributed by atoms with van der Waals surface area (Å²) in [6, 6.07) is 15.3. The lowest BCUT2D eigenvalue weighted by molar-refractivity contribution is -0.476. The molecular formula is C33H51N6O4+. The van der Waals surface area contributed by atoms with Crippen molar-refractivity contribution in [1.82, 2.24) is 20.4 Å². The molecule has 3 amide bonds. The average Bonchev–Trinajstić information content (AvgIpc) is 2.98. The number of amides is 3. The van der Waals surface area contributed by atoms with E-state index in [0.29, 0.717) is 17.9 Å². The van der Waals surface area contributed by atoms with Crippen LogP contribution in [0, 0.1) is 0 Å². The molecule has 0 fully saturated rings. The molecule has 0 aliphatic heterocycles. The van der Waals surface area contributed by atoms with Crippen molar-refractivity contribution in [2.45, 2.75) is 57.9 Å². The van der Waals surface area contributed by atoms with Gasteiger partial charge in [0.05, 0.1) is 54.4 Å². The molecule has 10 nitrogen and oxygen atoms in total. The van der Waals surface area contributed by atoms with Gasteiger partial charge in [0.25, 0.3) is 5.91 Å². The van der Waals surface area contributed by atoms with Gasteiger partial charge in [0, 0.05) is 12.0 Å². The van der Waals surface area contributed by atoms with Gasteiger partial charge in [-0.15, -0.1) is 0 Å². The van der Waals surface area contributed by atoms with Crippen LogP contribution in [-0.4, -0.2) is 98.5 Å². The Morgan fingerprint density at radius 3 is 2.16 bits per heavy atom. The molecule has 0 aliphatic rings. The van der Waals surface area contributed by atoms with Crippen molar-refractivity contribution in [3.8, 4) is 5.75 Å². The number of nitrogens with one attached hydrogen (secondary N) is 2. The second-order valence-corrected chi connectivity index (χ2v) is 11.1. The maximum absolute atomic E-state index is 12.5. The summed E-state index contributed by atoms with van der Waals surface area (Å²) < 4.78 is 8.05. The second-order valence-electron chi connectivity index (χ2n) is 11.1. The van der Waals surface area contributed by atoms with Crippen LogP contribution in [0.25, 0.3) is 0 Å². The van der Waals surface area contributed by atoms with Crippen molar-refractivity contribution in [3.63, 3.8) is 0 Å². The third-order valence-corrected chi connectivity index (χ3v) is 6.94. The van der Waals surface area contributed by atoms with E-state index < -0.39 is 23.8 Å². The number of nitrogens with zero attached hydrogens (tertiary/aromatic N) is 3. The zero-order valence-electron chi connectivity index (χ0n) is 26.6. The van der Waals surface area contributed by atoms with Crippen LogP contribution in [0.15, 0.2) is 54.6 Å². The lowest BCUT2D eigenvalue weighted by Gasteiger charge is -2.25. The maximum Gasteiger partial charge on any atom is 0.349 e. The molecule has 0 radical (unpaired) electrons. The molecule has 1 unspecified atom stereocenters. The van der Waals surface area contributed by atoms with E-state index in [1.165, 1.54) is 18.8 Å². The van der Waals surface area contributed by atoms with Crippen molar-refractivity contribution in [1.29, 1.82) is 0 Å². The molecule has 236 valence electrons. The van der Waals surface area contributed by atoms with E-state index in [1.807, 2.05) is 30.3 Å². The van der Waals surface area contributed by atoms with E-state index >= 15 is 0 Å². The first kappa shape index (κ1) is 35.1. The largest absolute Gasteiger partial charge is 0.494 e. The zero-order chi connectivity index (χ0) is 31.6. The Morgan fingerprint density at radius 1 is 0.907 bits per heavy atom. The summed E-state index contributed by atoms with van der Waals surface area (Å²) in [7, 11) is 8.39. The van der Waals surface area contributed by atoms with Crippen LogP contribution in [0.2, 0.25) is 0 Å². The van der Waals surface area contributed by atoms with Gasteiger partial charge < -0.3 is 21.1 Å². The Bertz CT molecular complexity index is 1160. The van der Waals surface area contributed by atoms with Crippen LogP contribution in [0.5, 0.6) is 5.75 Å². The topological polar surface area (TPSA) is 120 Å². The van der Waals surface area contributed by atoms with Crippen LogP contribution in [0.3, 0.4) is 0 Å². The number of nitrogens with two attached hydrogens (primary N) is 1. The zero-order valence-corrected chi connectivity index (χ0v) is 26.6. The summed E-state index contributed by atoms with van der Waals surface area (Å²) >= 11 is 0. The van der Waals surface area contributed by atoms with Crippen LogP contribution in [0.4, 0.5) is 0 Å². The molecule has 2 aromatic rings. The Kier molecular flexibility index (Phi) is 15.7. The Hall–Kier alpha value is -4.08. The minimum atomic E-state index is -0.860. The molecular weight excluding hydrogens is 544 g/mol. The van der Waals surface area contributed by atoms with Crippen LogP contribution in [0.1, 0.15) is 61.4 Å². The van der Waals surface area contributed by atoms with Crippen LogP contribution < -0.4 is 21.1 Å². The maximum atomic E-state index is 12.5. The number of ether oxygens (including phenoxy) is 1. The first-order valence-corrected chi connectivity index (χ1v) is 15.2. The number of carbonyl (C=O) groups excluding carboxylic acids is 3. The molecule has 2 rings (SSSR count). The molecule has 0 heterocycles. The highest BCUT2D eigenvalue weighted by atomic mass is 16.5. The summed E-state index contributed by atoms with van der Waals surface area (Å²) in [6.45, 7) is 4.68. The molecule has 43 heavy (non-hydrogen) atoms. The van der Waals surface area contributed by atoms with Gasteiger partial charge >= 0.3 is 5.96 Å². The fourth-order valence-electron chi connectivity index (χ4n) is 4.86. The normalized spacial score (nSPS) is 11.3. The molecule has 4 N–H and O–H groups in total. The first-order valence-electron chi connectivity index (χ1n) is 15.2. The molecule has 0 saturated carbocycles. The van der Waals surface area contributed by atoms with E-state index in [1.54, 1.807) is 24.3 Å². The van der Waals surface area contributed by atoms with Gasteiger partial charge in [-0.05, 0) is 55.5 Å². The van der Waals surface area contributed by atoms with Gasteiger partial charge in [-0.25, -0.2) is 0 Å². The van der Waals surface area contributed by atoms with Crippen LogP contribution >= 0.6 is 0 Å². The smallest absolute Gasteiger partial charge is 0.349 e. The SMILES string of the molecule is CCCCN(CCCCCCOc1ccc(C(=O)NCC(=O)NC(Cc2ccccc2)C(N)=O)cc1)C(N(C)C)=[N+](C)C. The number of guanidine groups is 1. The van der Waals surface area contributed by atoms with Gasteiger partial charge in [0.1, 0.15) is 11.8 Å². The Labute approximate surface area is 257 Å². The quantitative estimate of drug-likeness (QED) is 0.106. The number of unbranched alkanes of at least 4 members (excludes halogenated alkanes) is 4. The van der Waals surface area contributed by atoms with Crippen LogP contribution in [-0.2, 0) is 16.0 Å². The lowest BCUT2D eigenvalue weighted by Crippen LogP contribution is -2.49. The Balaban J connectivity index is 1.69. The lowest BCUT2D eigenvalue weighted by atomic mass is 10.1. The molecule has 0 aromatic heterocycles. The Morgan fingerprint density at radius 2 is 1.56 bits per heavy atom. The van der Waals surface area contributed by atoms with E-state index in [9.17, 15) is 14.4 Å². The molecule has 2 aromatic carbocycles. The predicted octanol–water partition coefficient (Wildman–Crippen LogP) is 2.86. The van der Waals surface area contributed by atoms with Gasteiger partial charge in [0.15, 0.2) is 0 Å². The number of carbonyl (C=O) groups is 3. The summed E-state index contributed by atoms with van der Waals surface area (Å²) in [5, 5.41) is 5.18. The van der Waals surface area contributed by atoms with Gasteiger partial charge in [0.2, 0.25) is 11.8 Å². The standard InChI is InChI=1S/C33H50N6O4/c1-6-7-21-39(33(37(2)3)38(4)5)22-13-8-9-14-23-43-28-19-17-27(18-20-28)32(42)35-25-30(40)36-29(31(34)41)24-26-15-11-10-12-16-26/h10-12,15-20,29H,6-9,13-14,21-25H2,1-5H3,(H3-,34,35,36,40,41,42)/p+1. The first-order chi connectivity index (χ1) is 20.6.